The molecule has 3 heterocycles. The molecule has 1 atom stereocenters. The van der Waals surface area contributed by atoms with Gasteiger partial charge in [-0.05, 0) is 38.3 Å². The van der Waals surface area contributed by atoms with Gasteiger partial charge in [-0.15, -0.1) is 0 Å². The summed E-state index contributed by atoms with van der Waals surface area (Å²) in [4.78, 5) is 0. The molecule has 2 aromatic rings. The molecule has 1 aromatic carbocycles. The Balaban J connectivity index is 1.80. The molecule has 0 spiro atoms. The first-order valence-electron chi connectivity index (χ1n) is 7.37. The molecule has 1 saturated heterocycles. The van der Waals surface area contributed by atoms with E-state index in [1.54, 1.807) is 0 Å². The molecule has 0 bridgehead atoms. The number of hydrogen-bond acceptors (Lipinski definition) is 3. The normalized spacial score (nSPS) is 20.9. The number of anilines is 1. The Labute approximate surface area is 118 Å². The molecule has 1 N–H and O–H groups in total. The van der Waals surface area contributed by atoms with E-state index in [4.69, 9.17) is 9.84 Å². The second-order valence-corrected chi connectivity index (χ2v) is 5.64. The number of benzene rings is 1. The van der Waals surface area contributed by atoms with E-state index in [0.717, 1.165) is 49.6 Å². The lowest BCUT2D eigenvalue weighted by Gasteiger charge is -2.08. The Bertz CT molecular complexity index is 624. The average molecular weight is 269 g/mol. The Morgan fingerprint density at radius 3 is 2.90 bits per heavy atom. The lowest BCUT2D eigenvalue weighted by atomic mass is 10.1. The van der Waals surface area contributed by atoms with Crippen molar-refractivity contribution in [1.29, 1.82) is 0 Å². The van der Waals surface area contributed by atoms with Crippen molar-refractivity contribution in [3.8, 4) is 5.69 Å². The van der Waals surface area contributed by atoms with Crippen LogP contribution in [-0.4, -0.2) is 22.9 Å². The molecule has 1 unspecified atom stereocenters. The van der Waals surface area contributed by atoms with Crippen LogP contribution in [-0.2, 0) is 11.2 Å². The van der Waals surface area contributed by atoms with E-state index >= 15 is 0 Å². The fourth-order valence-corrected chi connectivity index (χ4v) is 3.13. The summed E-state index contributed by atoms with van der Waals surface area (Å²) in [5, 5.41) is 8.31. The summed E-state index contributed by atoms with van der Waals surface area (Å²) in [6.07, 6.45) is 3.48. The van der Waals surface area contributed by atoms with Gasteiger partial charge in [-0.3, -0.25) is 0 Å². The Morgan fingerprint density at radius 2 is 2.15 bits per heavy atom. The van der Waals surface area contributed by atoms with Crippen molar-refractivity contribution < 1.29 is 4.74 Å². The lowest BCUT2D eigenvalue weighted by molar-refractivity contribution is 0.107. The van der Waals surface area contributed by atoms with Gasteiger partial charge in [-0.25, -0.2) is 4.68 Å². The number of nitrogens with zero attached hydrogens (tertiary/aromatic N) is 2. The molecule has 104 valence electrons. The summed E-state index contributed by atoms with van der Waals surface area (Å²) in [5.74, 6) is 1.15. The van der Waals surface area contributed by atoms with Crippen LogP contribution in [0.1, 0.15) is 35.8 Å². The maximum Gasteiger partial charge on any atom is 0.133 e. The number of rotatable bonds is 2. The predicted molar refractivity (Wildman–Crippen MR) is 78.4 cm³/mol. The van der Waals surface area contributed by atoms with Gasteiger partial charge in [0.2, 0.25) is 0 Å². The summed E-state index contributed by atoms with van der Waals surface area (Å²) in [6, 6.07) is 8.51. The first kappa shape index (κ1) is 12.0. The SMILES string of the molecule is Cc1ccc(-n2nc(C3CCCO3)c3c2NCC3)cc1. The van der Waals surface area contributed by atoms with Gasteiger partial charge in [0.05, 0.1) is 11.4 Å². The van der Waals surface area contributed by atoms with Crippen LogP contribution in [0.15, 0.2) is 24.3 Å². The van der Waals surface area contributed by atoms with E-state index in [-0.39, 0.29) is 6.10 Å². The molecule has 0 amide bonds. The van der Waals surface area contributed by atoms with Crippen molar-refractivity contribution >= 4 is 5.82 Å². The molecule has 2 aliphatic heterocycles. The fraction of sp³-hybridized carbons (Fsp3) is 0.438. The summed E-state index contributed by atoms with van der Waals surface area (Å²) in [5.41, 5.74) is 4.87. The third-order valence-electron chi connectivity index (χ3n) is 4.20. The van der Waals surface area contributed by atoms with E-state index < -0.39 is 0 Å². The van der Waals surface area contributed by atoms with Gasteiger partial charge in [-0.1, -0.05) is 17.7 Å². The molecular weight excluding hydrogens is 250 g/mol. The Morgan fingerprint density at radius 1 is 1.30 bits per heavy atom. The third kappa shape index (κ3) is 1.83. The van der Waals surface area contributed by atoms with Crippen LogP contribution in [0.5, 0.6) is 0 Å². The summed E-state index contributed by atoms with van der Waals surface area (Å²) in [6.45, 7) is 3.97. The standard InChI is InChI=1S/C16H19N3O/c1-11-4-6-12(7-5-11)19-16-13(8-9-17-16)15(18-19)14-3-2-10-20-14/h4-7,14,17H,2-3,8-10H2,1H3. The van der Waals surface area contributed by atoms with Crippen LogP contribution in [0, 0.1) is 6.92 Å². The van der Waals surface area contributed by atoms with Gasteiger partial charge < -0.3 is 10.1 Å². The van der Waals surface area contributed by atoms with Crippen molar-refractivity contribution in [2.75, 3.05) is 18.5 Å². The quantitative estimate of drug-likeness (QED) is 0.911. The van der Waals surface area contributed by atoms with Gasteiger partial charge in [-0.2, -0.15) is 5.10 Å². The van der Waals surface area contributed by atoms with Gasteiger partial charge in [0.1, 0.15) is 11.9 Å². The van der Waals surface area contributed by atoms with Crippen LogP contribution in [0.4, 0.5) is 5.82 Å². The smallest absolute Gasteiger partial charge is 0.133 e. The van der Waals surface area contributed by atoms with Crippen LogP contribution in [0.25, 0.3) is 5.69 Å². The largest absolute Gasteiger partial charge is 0.372 e. The van der Waals surface area contributed by atoms with E-state index in [0.29, 0.717) is 0 Å². The molecule has 4 heteroatoms. The second-order valence-electron chi connectivity index (χ2n) is 5.64. The number of fused-ring (bicyclic) bond motifs is 1. The highest BCUT2D eigenvalue weighted by Gasteiger charge is 2.30. The van der Waals surface area contributed by atoms with Crippen molar-refractivity contribution in [1.82, 2.24) is 9.78 Å². The Hall–Kier alpha value is -1.81. The summed E-state index contributed by atoms with van der Waals surface area (Å²) < 4.78 is 7.87. The van der Waals surface area contributed by atoms with Crippen LogP contribution >= 0.6 is 0 Å². The van der Waals surface area contributed by atoms with Crippen molar-refractivity contribution in [3.63, 3.8) is 0 Å². The molecule has 4 nitrogen and oxygen atoms in total. The van der Waals surface area contributed by atoms with E-state index in [9.17, 15) is 0 Å². The minimum atomic E-state index is 0.190. The minimum absolute atomic E-state index is 0.190. The first-order valence-corrected chi connectivity index (χ1v) is 7.37. The first-order chi connectivity index (χ1) is 9.83. The van der Waals surface area contributed by atoms with E-state index in [2.05, 4.69) is 36.5 Å². The Kier molecular flexibility index (Phi) is 2.77. The molecule has 20 heavy (non-hydrogen) atoms. The molecular formula is C16H19N3O. The molecule has 0 radical (unpaired) electrons. The highest BCUT2D eigenvalue weighted by Crippen LogP contribution is 2.36. The topological polar surface area (TPSA) is 39.1 Å². The van der Waals surface area contributed by atoms with Crippen LogP contribution in [0.3, 0.4) is 0 Å². The van der Waals surface area contributed by atoms with Gasteiger partial charge in [0, 0.05) is 18.7 Å². The molecule has 4 rings (SSSR count). The zero-order valence-electron chi connectivity index (χ0n) is 11.7. The molecule has 1 fully saturated rings. The van der Waals surface area contributed by atoms with Crippen molar-refractivity contribution in [2.24, 2.45) is 0 Å². The predicted octanol–water partition coefficient (Wildman–Crippen LogP) is 3.00. The highest BCUT2D eigenvalue weighted by molar-refractivity contribution is 5.57. The van der Waals surface area contributed by atoms with Crippen molar-refractivity contribution in [3.05, 3.63) is 41.1 Å². The lowest BCUT2D eigenvalue weighted by Crippen LogP contribution is -2.06. The van der Waals surface area contributed by atoms with Crippen LogP contribution < -0.4 is 5.32 Å². The van der Waals surface area contributed by atoms with Gasteiger partial charge in [0.25, 0.3) is 0 Å². The summed E-state index contributed by atoms with van der Waals surface area (Å²) in [7, 11) is 0. The minimum Gasteiger partial charge on any atom is -0.372 e. The fourth-order valence-electron chi connectivity index (χ4n) is 3.13. The molecule has 0 aliphatic carbocycles. The molecule has 0 saturated carbocycles. The maximum atomic E-state index is 5.83. The molecule has 2 aliphatic rings. The molecule has 1 aromatic heterocycles. The number of aryl methyl sites for hydroxylation is 1. The number of aromatic nitrogens is 2. The van der Waals surface area contributed by atoms with Gasteiger partial charge in [0.15, 0.2) is 0 Å². The zero-order valence-corrected chi connectivity index (χ0v) is 11.7. The van der Waals surface area contributed by atoms with E-state index in [1.807, 2.05) is 4.68 Å². The van der Waals surface area contributed by atoms with E-state index in [1.165, 1.54) is 11.1 Å². The second kappa shape index (κ2) is 4.63. The van der Waals surface area contributed by atoms with Crippen molar-refractivity contribution in [2.45, 2.75) is 32.3 Å². The number of ether oxygens (including phenoxy) is 1. The van der Waals surface area contributed by atoms with Gasteiger partial charge >= 0.3 is 0 Å². The number of hydrogen-bond donors (Lipinski definition) is 1. The van der Waals surface area contributed by atoms with Crippen LogP contribution in [0.2, 0.25) is 0 Å². The highest BCUT2D eigenvalue weighted by atomic mass is 16.5. The third-order valence-corrected chi connectivity index (χ3v) is 4.20. The zero-order chi connectivity index (χ0) is 13.5. The number of nitrogens with one attached hydrogen (secondary N) is 1. The monoisotopic (exact) mass is 269 g/mol. The maximum absolute atomic E-state index is 5.83. The summed E-state index contributed by atoms with van der Waals surface area (Å²) >= 11 is 0. The average Bonchev–Trinajstić information content (AvgIpc) is 3.16.